The van der Waals surface area contributed by atoms with Crippen LogP contribution >= 0.6 is 11.6 Å². The molecule has 7 nitrogen and oxygen atoms in total. The summed E-state index contributed by atoms with van der Waals surface area (Å²) in [7, 11) is 0. The lowest BCUT2D eigenvalue weighted by atomic mass is 9.69. The van der Waals surface area contributed by atoms with Crippen LogP contribution in [-0.4, -0.2) is 48.3 Å². The lowest BCUT2D eigenvalue weighted by molar-refractivity contribution is -0.272. The number of nitrogens with zero attached hydrogens (tertiary/aromatic N) is 2. The highest BCUT2D eigenvalue weighted by atomic mass is 35.5. The maximum atomic E-state index is 14.4. The standard InChI is InChI=1S/C22H19ClF5N3O2.C10H12O2/c1-3-10-7-21(33,22(26,27)28)20(12-6-14(23)18(25)19(32)17(10)12)31-16-5-11(24)4-15-13(16)8-29-9(2)30-15;11-8-4-5-9-7(6-8)2-1-3-10(9)12/h4-6,8,10,20,31-33H,3,7H2,1-2H3;1-3,8,11-12H,4-6H2. The van der Waals surface area contributed by atoms with Crippen molar-refractivity contribution >= 4 is 28.2 Å². The second-order valence-electron chi connectivity index (χ2n) is 11.4. The van der Waals surface area contributed by atoms with E-state index in [4.69, 9.17) is 11.6 Å². The monoisotopic (exact) mass is 651 g/mol. The fraction of sp³-hybridized carbons (Fsp3) is 0.375. The molecule has 4 unspecified atom stereocenters. The molecule has 0 amide bonds. The molecule has 2 aliphatic rings. The van der Waals surface area contributed by atoms with Crippen molar-refractivity contribution < 1.29 is 42.4 Å². The molecule has 0 saturated heterocycles. The third kappa shape index (κ3) is 6.10. The Kier molecular flexibility index (Phi) is 8.87. The van der Waals surface area contributed by atoms with Crippen LogP contribution < -0.4 is 5.32 Å². The fourth-order valence-corrected chi connectivity index (χ4v) is 6.43. The lowest BCUT2D eigenvalue weighted by Crippen LogP contribution is -2.55. The average Bonchev–Trinajstić information content (AvgIpc) is 2.96. The lowest BCUT2D eigenvalue weighted by Gasteiger charge is -2.46. The number of alkyl halides is 3. The van der Waals surface area contributed by atoms with Crippen molar-refractivity contribution in [2.24, 2.45) is 0 Å². The molecule has 0 aliphatic heterocycles. The Hall–Kier alpha value is -3.74. The molecular weight excluding hydrogens is 621 g/mol. The summed E-state index contributed by atoms with van der Waals surface area (Å²) >= 11 is 5.85. The van der Waals surface area contributed by atoms with Gasteiger partial charge in [0.25, 0.3) is 0 Å². The number of aryl methyl sites for hydroxylation is 1. The van der Waals surface area contributed by atoms with Gasteiger partial charge in [0.15, 0.2) is 17.2 Å². The second kappa shape index (κ2) is 12.2. The highest BCUT2D eigenvalue weighted by molar-refractivity contribution is 6.31. The molecule has 2 aliphatic carbocycles. The number of aromatic hydroxyl groups is 2. The zero-order valence-corrected chi connectivity index (χ0v) is 25.0. The number of phenols is 2. The first-order valence-electron chi connectivity index (χ1n) is 14.3. The number of aliphatic hydroxyl groups excluding tert-OH is 1. The van der Waals surface area contributed by atoms with Gasteiger partial charge in [-0.05, 0) is 79.8 Å². The Morgan fingerprint density at radius 1 is 1.13 bits per heavy atom. The zero-order valence-electron chi connectivity index (χ0n) is 24.3. The summed E-state index contributed by atoms with van der Waals surface area (Å²) in [6.45, 7) is 3.13. The molecule has 1 heterocycles. The van der Waals surface area contributed by atoms with Gasteiger partial charge in [-0.3, -0.25) is 0 Å². The molecule has 240 valence electrons. The Morgan fingerprint density at radius 3 is 2.56 bits per heavy atom. The van der Waals surface area contributed by atoms with Crippen molar-refractivity contribution in [3.63, 3.8) is 0 Å². The van der Waals surface area contributed by atoms with Gasteiger partial charge >= 0.3 is 6.18 Å². The van der Waals surface area contributed by atoms with E-state index in [0.717, 1.165) is 42.2 Å². The zero-order chi connectivity index (χ0) is 32.8. The quantitative estimate of drug-likeness (QED) is 0.149. The van der Waals surface area contributed by atoms with Crippen molar-refractivity contribution in [1.82, 2.24) is 9.97 Å². The summed E-state index contributed by atoms with van der Waals surface area (Å²) in [5, 5.41) is 42.4. The molecule has 45 heavy (non-hydrogen) atoms. The summed E-state index contributed by atoms with van der Waals surface area (Å²) in [5.74, 6) is -3.12. The molecule has 0 fully saturated rings. The van der Waals surface area contributed by atoms with Crippen LogP contribution in [0.1, 0.15) is 66.2 Å². The molecule has 5 N–H and O–H groups in total. The van der Waals surface area contributed by atoms with E-state index < -0.39 is 52.6 Å². The number of benzene rings is 3. The average molecular weight is 652 g/mol. The maximum Gasteiger partial charge on any atom is 0.419 e. The van der Waals surface area contributed by atoms with E-state index in [1.807, 2.05) is 12.1 Å². The van der Waals surface area contributed by atoms with Gasteiger partial charge in [-0.15, -0.1) is 0 Å². The number of nitrogens with one attached hydrogen (secondary N) is 1. The molecule has 0 bridgehead atoms. The van der Waals surface area contributed by atoms with Gasteiger partial charge in [0.05, 0.1) is 22.7 Å². The number of phenolic OH excluding ortho intramolecular Hbond substituents is 2. The first kappa shape index (κ1) is 32.6. The number of halogens is 6. The smallest absolute Gasteiger partial charge is 0.419 e. The van der Waals surface area contributed by atoms with Crippen LogP contribution in [0.4, 0.5) is 27.6 Å². The molecule has 0 radical (unpaired) electrons. The number of fused-ring (bicyclic) bond motifs is 3. The minimum atomic E-state index is -5.12. The minimum Gasteiger partial charge on any atom is -0.508 e. The summed E-state index contributed by atoms with van der Waals surface area (Å²) in [5.41, 5.74) is -1.52. The first-order valence-corrected chi connectivity index (χ1v) is 14.7. The molecule has 4 aromatic rings. The van der Waals surface area contributed by atoms with E-state index in [0.29, 0.717) is 18.0 Å². The van der Waals surface area contributed by atoms with Crippen LogP contribution in [0, 0.1) is 18.6 Å². The predicted molar refractivity (Wildman–Crippen MR) is 158 cm³/mol. The Bertz CT molecular complexity index is 1750. The van der Waals surface area contributed by atoms with Crippen LogP contribution in [0.5, 0.6) is 11.5 Å². The second-order valence-corrected chi connectivity index (χ2v) is 11.9. The topological polar surface area (TPSA) is 119 Å². The van der Waals surface area contributed by atoms with Crippen molar-refractivity contribution in [3.05, 3.63) is 87.3 Å². The third-order valence-corrected chi connectivity index (χ3v) is 8.80. The third-order valence-electron chi connectivity index (χ3n) is 8.52. The molecule has 4 atom stereocenters. The van der Waals surface area contributed by atoms with Gasteiger partial charge in [-0.25, -0.2) is 18.7 Å². The van der Waals surface area contributed by atoms with Crippen molar-refractivity contribution in [1.29, 1.82) is 0 Å². The normalized spacial score (nSPS) is 22.7. The van der Waals surface area contributed by atoms with E-state index in [1.165, 1.54) is 6.20 Å². The highest BCUT2D eigenvalue weighted by Crippen LogP contribution is 2.56. The number of rotatable bonds is 3. The fourth-order valence-electron chi connectivity index (χ4n) is 6.23. The Labute approximate surface area is 260 Å². The molecule has 3 aromatic carbocycles. The van der Waals surface area contributed by atoms with Gasteiger partial charge in [0.2, 0.25) is 0 Å². The Balaban J connectivity index is 0.000000277. The van der Waals surface area contributed by atoms with Gasteiger partial charge in [-0.1, -0.05) is 30.7 Å². The van der Waals surface area contributed by atoms with E-state index in [1.54, 1.807) is 19.9 Å². The Morgan fingerprint density at radius 2 is 1.87 bits per heavy atom. The van der Waals surface area contributed by atoms with Crippen molar-refractivity contribution in [2.45, 2.75) is 75.8 Å². The summed E-state index contributed by atoms with van der Waals surface area (Å²) in [4.78, 5) is 8.11. The maximum absolute atomic E-state index is 14.4. The molecule has 0 saturated carbocycles. The van der Waals surface area contributed by atoms with Crippen molar-refractivity contribution in [3.8, 4) is 11.5 Å². The molecule has 0 spiro atoms. The molecular formula is C32H31ClF5N3O4. The van der Waals surface area contributed by atoms with E-state index in [9.17, 15) is 42.4 Å². The van der Waals surface area contributed by atoms with Gasteiger partial charge in [0.1, 0.15) is 17.4 Å². The molecule has 6 rings (SSSR count). The van der Waals surface area contributed by atoms with Crippen LogP contribution in [0.15, 0.2) is 42.6 Å². The number of aliphatic hydroxyl groups is 2. The summed E-state index contributed by atoms with van der Waals surface area (Å²) in [6.07, 6.45) is -2.54. The largest absolute Gasteiger partial charge is 0.508 e. The minimum absolute atomic E-state index is 0.0846. The molecule has 13 heteroatoms. The van der Waals surface area contributed by atoms with E-state index >= 15 is 0 Å². The van der Waals surface area contributed by atoms with Crippen LogP contribution in [-0.2, 0) is 12.8 Å². The van der Waals surface area contributed by atoms with Crippen LogP contribution in [0.2, 0.25) is 5.02 Å². The number of aromatic nitrogens is 2. The highest BCUT2D eigenvalue weighted by Gasteiger charge is 2.62. The molecule has 1 aromatic heterocycles. The predicted octanol–water partition coefficient (Wildman–Crippen LogP) is 7.16. The van der Waals surface area contributed by atoms with Crippen molar-refractivity contribution in [2.75, 3.05) is 5.32 Å². The first-order chi connectivity index (χ1) is 21.1. The number of hydrogen-bond acceptors (Lipinski definition) is 7. The van der Waals surface area contributed by atoms with Gasteiger partial charge < -0.3 is 25.7 Å². The number of hydrogen-bond donors (Lipinski definition) is 5. The SMILES string of the molecule is CCC1CC(O)(C(F)(F)F)C(Nc2cc(F)cc3nc(C)ncc23)c2cc(Cl)c(F)c(O)c21.Oc1cccc2c1CCC(O)C2. The summed E-state index contributed by atoms with van der Waals surface area (Å²) < 4.78 is 71.4. The van der Waals surface area contributed by atoms with Crippen LogP contribution in [0.3, 0.4) is 0 Å². The van der Waals surface area contributed by atoms with E-state index in [2.05, 4.69) is 15.3 Å². The van der Waals surface area contributed by atoms with Gasteiger partial charge in [-0.2, -0.15) is 13.2 Å². The van der Waals surface area contributed by atoms with E-state index in [-0.39, 0.29) is 40.2 Å². The van der Waals surface area contributed by atoms with Gasteiger partial charge in [0, 0.05) is 28.9 Å². The summed E-state index contributed by atoms with van der Waals surface area (Å²) in [6, 6.07) is 6.56. The van der Waals surface area contributed by atoms with Crippen LogP contribution in [0.25, 0.3) is 10.9 Å². The number of anilines is 1.